The molecule has 2 unspecified atom stereocenters. The summed E-state index contributed by atoms with van der Waals surface area (Å²) in [4.78, 5) is 0. The van der Waals surface area contributed by atoms with Gasteiger partial charge in [-0.3, -0.25) is 0 Å². The minimum absolute atomic E-state index is 0.151. The SMILES string of the molecule is CC(C)C1NC(C)(C)CCOC1c1ccccc1. The van der Waals surface area contributed by atoms with Crippen molar-refractivity contribution in [3.63, 3.8) is 0 Å². The molecule has 1 aromatic rings. The lowest BCUT2D eigenvalue weighted by atomic mass is 9.90. The molecular weight excluding hydrogens is 222 g/mol. The zero-order valence-electron chi connectivity index (χ0n) is 11.9. The van der Waals surface area contributed by atoms with Gasteiger partial charge in [-0.15, -0.1) is 0 Å². The van der Waals surface area contributed by atoms with Crippen LogP contribution in [0.2, 0.25) is 0 Å². The van der Waals surface area contributed by atoms with E-state index in [1.165, 1.54) is 5.56 Å². The molecule has 2 nitrogen and oxygen atoms in total. The largest absolute Gasteiger partial charge is 0.372 e. The van der Waals surface area contributed by atoms with E-state index in [9.17, 15) is 0 Å². The van der Waals surface area contributed by atoms with E-state index >= 15 is 0 Å². The monoisotopic (exact) mass is 247 g/mol. The molecule has 0 spiro atoms. The zero-order chi connectivity index (χ0) is 13.2. The lowest BCUT2D eigenvalue weighted by Gasteiger charge is -2.34. The maximum atomic E-state index is 6.14. The Morgan fingerprint density at radius 3 is 2.50 bits per heavy atom. The van der Waals surface area contributed by atoms with Crippen LogP contribution in [0, 0.1) is 5.92 Å². The Morgan fingerprint density at radius 1 is 1.22 bits per heavy atom. The van der Waals surface area contributed by atoms with Crippen LogP contribution in [0.4, 0.5) is 0 Å². The van der Waals surface area contributed by atoms with Crippen molar-refractivity contribution in [1.29, 1.82) is 0 Å². The van der Waals surface area contributed by atoms with E-state index in [0.717, 1.165) is 13.0 Å². The quantitative estimate of drug-likeness (QED) is 0.863. The van der Waals surface area contributed by atoms with E-state index in [1.54, 1.807) is 0 Å². The fourth-order valence-corrected chi connectivity index (χ4v) is 2.61. The lowest BCUT2D eigenvalue weighted by Crippen LogP contribution is -2.49. The van der Waals surface area contributed by atoms with Crippen molar-refractivity contribution in [2.45, 2.75) is 51.8 Å². The van der Waals surface area contributed by atoms with Crippen LogP contribution in [0.15, 0.2) is 30.3 Å². The third-order valence-corrected chi connectivity index (χ3v) is 3.75. The highest BCUT2D eigenvalue weighted by molar-refractivity contribution is 5.20. The molecule has 0 aliphatic carbocycles. The van der Waals surface area contributed by atoms with Gasteiger partial charge in [0.15, 0.2) is 0 Å². The Kier molecular flexibility index (Phi) is 4.08. The molecule has 1 N–H and O–H groups in total. The molecule has 1 heterocycles. The highest BCUT2D eigenvalue weighted by atomic mass is 16.5. The summed E-state index contributed by atoms with van der Waals surface area (Å²) >= 11 is 0. The van der Waals surface area contributed by atoms with Gasteiger partial charge < -0.3 is 10.1 Å². The first-order valence-electron chi connectivity index (χ1n) is 6.94. The molecule has 1 fully saturated rings. The maximum absolute atomic E-state index is 6.14. The molecule has 100 valence electrons. The van der Waals surface area contributed by atoms with Crippen molar-refractivity contribution in [3.8, 4) is 0 Å². The van der Waals surface area contributed by atoms with Crippen LogP contribution < -0.4 is 5.32 Å². The van der Waals surface area contributed by atoms with Gasteiger partial charge in [0.05, 0.1) is 6.10 Å². The van der Waals surface area contributed by atoms with E-state index in [1.807, 2.05) is 0 Å². The van der Waals surface area contributed by atoms with Gasteiger partial charge in [-0.2, -0.15) is 0 Å². The molecule has 1 saturated heterocycles. The Bertz CT molecular complexity index is 372. The second-order valence-electron chi connectivity index (χ2n) is 6.25. The van der Waals surface area contributed by atoms with Crippen molar-refractivity contribution in [3.05, 3.63) is 35.9 Å². The minimum atomic E-state index is 0.151. The maximum Gasteiger partial charge on any atom is 0.0980 e. The standard InChI is InChI=1S/C16H25NO/c1-12(2)14-15(13-8-6-5-7-9-13)18-11-10-16(3,4)17-14/h5-9,12,14-15,17H,10-11H2,1-4H3. The topological polar surface area (TPSA) is 21.3 Å². The van der Waals surface area contributed by atoms with Gasteiger partial charge in [0, 0.05) is 18.2 Å². The molecule has 2 rings (SSSR count). The average Bonchev–Trinajstić information content (AvgIpc) is 2.49. The predicted octanol–water partition coefficient (Wildman–Crippen LogP) is 3.54. The summed E-state index contributed by atoms with van der Waals surface area (Å²) in [6, 6.07) is 10.9. The van der Waals surface area contributed by atoms with Crippen LogP contribution in [-0.2, 0) is 4.74 Å². The summed E-state index contributed by atoms with van der Waals surface area (Å²) in [5, 5.41) is 3.78. The van der Waals surface area contributed by atoms with E-state index in [0.29, 0.717) is 12.0 Å². The van der Waals surface area contributed by atoms with Crippen molar-refractivity contribution >= 4 is 0 Å². The third-order valence-electron chi connectivity index (χ3n) is 3.75. The summed E-state index contributed by atoms with van der Waals surface area (Å²) in [5.74, 6) is 0.549. The predicted molar refractivity (Wildman–Crippen MR) is 75.6 cm³/mol. The van der Waals surface area contributed by atoms with E-state index < -0.39 is 0 Å². The molecule has 2 atom stereocenters. The molecule has 1 aliphatic rings. The second-order valence-corrected chi connectivity index (χ2v) is 6.25. The molecule has 0 amide bonds. The van der Waals surface area contributed by atoms with Crippen LogP contribution in [0.3, 0.4) is 0 Å². The van der Waals surface area contributed by atoms with E-state index in [4.69, 9.17) is 4.74 Å². The van der Waals surface area contributed by atoms with Crippen molar-refractivity contribution < 1.29 is 4.74 Å². The fourth-order valence-electron chi connectivity index (χ4n) is 2.61. The van der Waals surface area contributed by atoms with Gasteiger partial charge in [0.1, 0.15) is 0 Å². The summed E-state index contributed by atoms with van der Waals surface area (Å²) < 4.78 is 6.14. The summed E-state index contributed by atoms with van der Waals surface area (Å²) in [6.07, 6.45) is 1.22. The molecule has 0 aromatic heterocycles. The van der Waals surface area contributed by atoms with E-state index in [-0.39, 0.29) is 11.6 Å². The normalized spacial score (nSPS) is 28.1. The van der Waals surface area contributed by atoms with Gasteiger partial charge in [0.25, 0.3) is 0 Å². The molecule has 0 radical (unpaired) electrons. The van der Waals surface area contributed by atoms with Gasteiger partial charge in [-0.05, 0) is 31.7 Å². The van der Waals surface area contributed by atoms with Crippen LogP contribution in [0.25, 0.3) is 0 Å². The highest BCUT2D eigenvalue weighted by Gasteiger charge is 2.34. The molecule has 2 heteroatoms. The summed E-state index contributed by atoms with van der Waals surface area (Å²) in [7, 11) is 0. The first-order valence-corrected chi connectivity index (χ1v) is 6.94. The highest BCUT2D eigenvalue weighted by Crippen LogP contribution is 2.31. The molecule has 18 heavy (non-hydrogen) atoms. The van der Waals surface area contributed by atoms with E-state index in [2.05, 4.69) is 63.3 Å². The Morgan fingerprint density at radius 2 is 1.89 bits per heavy atom. The molecule has 0 saturated carbocycles. The summed E-state index contributed by atoms with van der Waals surface area (Å²) in [6.45, 7) is 9.87. The number of nitrogens with one attached hydrogen (secondary N) is 1. The first-order chi connectivity index (χ1) is 8.49. The molecule has 1 aromatic carbocycles. The first kappa shape index (κ1) is 13.6. The van der Waals surface area contributed by atoms with Gasteiger partial charge in [-0.1, -0.05) is 44.2 Å². The number of benzene rings is 1. The molecular formula is C16H25NO. The van der Waals surface area contributed by atoms with Crippen LogP contribution in [0.5, 0.6) is 0 Å². The second kappa shape index (κ2) is 5.41. The molecule has 1 aliphatic heterocycles. The average molecular weight is 247 g/mol. The van der Waals surface area contributed by atoms with Gasteiger partial charge >= 0.3 is 0 Å². The number of rotatable bonds is 2. The van der Waals surface area contributed by atoms with Crippen LogP contribution >= 0.6 is 0 Å². The Balaban J connectivity index is 2.27. The number of hydrogen-bond donors (Lipinski definition) is 1. The Labute approximate surface area is 111 Å². The number of hydrogen-bond acceptors (Lipinski definition) is 2. The number of ether oxygens (including phenoxy) is 1. The lowest BCUT2D eigenvalue weighted by molar-refractivity contribution is 0.0305. The summed E-state index contributed by atoms with van der Waals surface area (Å²) in [5.41, 5.74) is 1.43. The van der Waals surface area contributed by atoms with Gasteiger partial charge in [0.2, 0.25) is 0 Å². The zero-order valence-corrected chi connectivity index (χ0v) is 11.9. The molecule has 0 bridgehead atoms. The van der Waals surface area contributed by atoms with Crippen molar-refractivity contribution in [2.75, 3.05) is 6.61 Å². The Hall–Kier alpha value is -0.860. The minimum Gasteiger partial charge on any atom is -0.372 e. The third kappa shape index (κ3) is 3.12. The smallest absolute Gasteiger partial charge is 0.0980 e. The van der Waals surface area contributed by atoms with Gasteiger partial charge in [-0.25, -0.2) is 0 Å². The van der Waals surface area contributed by atoms with Crippen LogP contribution in [0.1, 0.15) is 45.8 Å². The van der Waals surface area contributed by atoms with Crippen LogP contribution in [-0.4, -0.2) is 18.2 Å². The van der Waals surface area contributed by atoms with Crippen molar-refractivity contribution in [1.82, 2.24) is 5.32 Å². The van der Waals surface area contributed by atoms with Crippen molar-refractivity contribution in [2.24, 2.45) is 5.92 Å². The fraction of sp³-hybridized carbons (Fsp3) is 0.625.